The number of esters is 1. The molecule has 0 unspecified atom stereocenters. The minimum Gasteiger partial charge on any atom is -0.465 e. The summed E-state index contributed by atoms with van der Waals surface area (Å²) in [5.74, 6) is 0.392. The zero-order chi connectivity index (χ0) is 11.3. The van der Waals surface area contributed by atoms with Crippen molar-refractivity contribution in [3.05, 3.63) is 17.0 Å². The van der Waals surface area contributed by atoms with Gasteiger partial charge in [-0.25, -0.2) is 9.97 Å². The SMILES string of the molecule is CCOC(=O)CN(C)c1ncncc1Br. The van der Waals surface area contributed by atoms with E-state index in [0.29, 0.717) is 12.4 Å². The van der Waals surface area contributed by atoms with Crippen LogP contribution in [0.15, 0.2) is 17.0 Å². The van der Waals surface area contributed by atoms with Gasteiger partial charge in [0.1, 0.15) is 18.7 Å². The Balaban J connectivity index is 2.65. The van der Waals surface area contributed by atoms with Crippen LogP contribution >= 0.6 is 15.9 Å². The molecule has 6 heteroatoms. The van der Waals surface area contributed by atoms with Crippen LogP contribution in [-0.2, 0) is 9.53 Å². The summed E-state index contributed by atoms with van der Waals surface area (Å²) in [6, 6.07) is 0. The first-order chi connectivity index (χ1) is 7.15. The van der Waals surface area contributed by atoms with Gasteiger partial charge in [-0.05, 0) is 22.9 Å². The molecule has 0 aliphatic heterocycles. The summed E-state index contributed by atoms with van der Waals surface area (Å²) in [4.78, 5) is 20.8. The standard InChI is InChI=1S/C9H12BrN3O2/c1-3-15-8(14)5-13(2)9-7(10)4-11-6-12-9/h4,6H,3,5H2,1-2H3. The van der Waals surface area contributed by atoms with Crippen molar-refractivity contribution >= 4 is 27.7 Å². The Morgan fingerprint density at radius 2 is 2.40 bits per heavy atom. The molecule has 0 saturated carbocycles. The predicted octanol–water partition coefficient (Wildman–Crippen LogP) is 1.24. The Hall–Kier alpha value is -1.17. The maximum Gasteiger partial charge on any atom is 0.325 e. The van der Waals surface area contributed by atoms with E-state index >= 15 is 0 Å². The Bertz CT molecular complexity index is 346. The maximum atomic E-state index is 11.2. The lowest BCUT2D eigenvalue weighted by atomic mass is 10.5. The number of carbonyl (C=O) groups excluding carboxylic acids is 1. The van der Waals surface area contributed by atoms with E-state index < -0.39 is 0 Å². The number of halogens is 1. The molecule has 5 nitrogen and oxygen atoms in total. The smallest absolute Gasteiger partial charge is 0.325 e. The number of ether oxygens (including phenoxy) is 1. The van der Waals surface area contributed by atoms with Crippen molar-refractivity contribution in [1.29, 1.82) is 0 Å². The van der Waals surface area contributed by atoms with Gasteiger partial charge in [0.05, 0.1) is 11.1 Å². The van der Waals surface area contributed by atoms with E-state index in [2.05, 4.69) is 25.9 Å². The average molecular weight is 274 g/mol. The van der Waals surface area contributed by atoms with E-state index in [1.54, 1.807) is 25.1 Å². The van der Waals surface area contributed by atoms with Gasteiger partial charge in [0.15, 0.2) is 0 Å². The summed E-state index contributed by atoms with van der Waals surface area (Å²) >= 11 is 3.31. The van der Waals surface area contributed by atoms with Crippen molar-refractivity contribution in [3.63, 3.8) is 0 Å². The van der Waals surface area contributed by atoms with Gasteiger partial charge in [-0.2, -0.15) is 0 Å². The van der Waals surface area contributed by atoms with Gasteiger partial charge in [0, 0.05) is 13.2 Å². The minimum atomic E-state index is -0.273. The first-order valence-corrected chi connectivity index (χ1v) is 5.26. The lowest BCUT2D eigenvalue weighted by Crippen LogP contribution is -2.28. The van der Waals surface area contributed by atoms with Crippen molar-refractivity contribution in [2.75, 3.05) is 25.1 Å². The molecule has 82 valence electrons. The molecule has 0 saturated heterocycles. The normalized spacial score (nSPS) is 9.80. The second kappa shape index (κ2) is 5.65. The van der Waals surface area contributed by atoms with Gasteiger partial charge in [-0.1, -0.05) is 0 Å². The summed E-state index contributed by atoms with van der Waals surface area (Å²) in [7, 11) is 1.77. The summed E-state index contributed by atoms with van der Waals surface area (Å²) < 4.78 is 5.58. The minimum absolute atomic E-state index is 0.170. The second-order valence-electron chi connectivity index (χ2n) is 2.86. The van der Waals surface area contributed by atoms with Gasteiger partial charge < -0.3 is 9.64 Å². The van der Waals surface area contributed by atoms with Gasteiger partial charge in [0.2, 0.25) is 0 Å². The van der Waals surface area contributed by atoms with Crippen molar-refractivity contribution in [3.8, 4) is 0 Å². The number of nitrogens with zero attached hydrogens (tertiary/aromatic N) is 3. The Kier molecular flexibility index (Phi) is 4.48. The highest BCUT2D eigenvalue weighted by Gasteiger charge is 2.11. The molecule has 0 aliphatic carbocycles. The number of carbonyl (C=O) groups is 1. The van der Waals surface area contributed by atoms with Crippen molar-refractivity contribution in [1.82, 2.24) is 9.97 Å². The molecule has 0 aliphatic rings. The van der Waals surface area contributed by atoms with E-state index in [9.17, 15) is 4.79 Å². The molecule has 0 radical (unpaired) electrons. The van der Waals surface area contributed by atoms with E-state index in [4.69, 9.17) is 4.74 Å². The zero-order valence-corrected chi connectivity index (χ0v) is 10.2. The molecule has 0 N–H and O–H groups in total. The Morgan fingerprint density at radius 3 is 3.00 bits per heavy atom. The van der Waals surface area contributed by atoms with Crippen LogP contribution in [0.3, 0.4) is 0 Å². The third-order valence-corrected chi connectivity index (χ3v) is 2.24. The molecule has 0 amide bonds. The van der Waals surface area contributed by atoms with Gasteiger partial charge in [-0.3, -0.25) is 4.79 Å². The fourth-order valence-electron chi connectivity index (χ4n) is 1.06. The highest BCUT2D eigenvalue weighted by atomic mass is 79.9. The average Bonchev–Trinajstić information content (AvgIpc) is 2.18. The van der Waals surface area contributed by atoms with E-state index in [1.165, 1.54) is 6.33 Å². The van der Waals surface area contributed by atoms with Crippen LogP contribution < -0.4 is 4.90 Å². The lowest BCUT2D eigenvalue weighted by Gasteiger charge is -2.17. The first kappa shape index (κ1) is 11.9. The molecule has 1 rings (SSSR count). The highest BCUT2D eigenvalue weighted by molar-refractivity contribution is 9.10. The van der Waals surface area contributed by atoms with Crippen molar-refractivity contribution < 1.29 is 9.53 Å². The molecule has 0 bridgehead atoms. The van der Waals surface area contributed by atoms with E-state index in [0.717, 1.165) is 4.47 Å². The van der Waals surface area contributed by atoms with Gasteiger partial charge in [-0.15, -0.1) is 0 Å². The van der Waals surface area contributed by atoms with Crippen LogP contribution in [0.4, 0.5) is 5.82 Å². The fraction of sp³-hybridized carbons (Fsp3) is 0.444. The largest absolute Gasteiger partial charge is 0.465 e. The molecular weight excluding hydrogens is 262 g/mol. The quantitative estimate of drug-likeness (QED) is 0.773. The van der Waals surface area contributed by atoms with E-state index in [1.807, 2.05) is 0 Å². The molecule has 1 aromatic heterocycles. The van der Waals surface area contributed by atoms with Crippen molar-refractivity contribution in [2.45, 2.75) is 6.92 Å². The number of anilines is 1. The van der Waals surface area contributed by atoms with Crippen LogP contribution in [0.5, 0.6) is 0 Å². The predicted molar refractivity (Wildman–Crippen MR) is 59.6 cm³/mol. The first-order valence-electron chi connectivity index (χ1n) is 4.47. The number of rotatable bonds is 4. The van der Waals surface area contributed by atoms with Crippen molar-refractivity contribution in [2.24, 2.45) is 0 Å². The Labute approximate surface area is 96.6 Å². The van der Waals surface area contributed by atoms with Crippen LogP contribution in [0.2, 0.25) is 0 Å². The maximum absolute atomic E-state index is 11.2. The number of hydrogen-bond acceptors (Lipinski definition) is 5. The van der Waals surface area contributed by atoms with Gasteiger partial charge >= 0.3 is 5.97 Å². The van der Waals surface area contributed by atoms with Crippen LogP contribution in [0, 0.1) is 0 Å². The van der Waals surface area contributed by atoms with E-state index in [-0.39, 0.29) is 12.5 Å². The highest BCUT2D eigenvalue weighted by Crippen LogP contribution is 2.20. The Morgan fingerprint density at radius 1 is 1.67 bits per heavy atom. The van der Waals surface area contributed by atoms with Crippen LogP contribution in [0.25, 0.3) is 0 Å². The second-order valence-corrected chi connectivity index (χ2v) is 3.71. The summed E-state index contributed by atoms with van der Waals surface area (Å²) in [6.45, 7) is 2.33. The number of aromatic nitrogens is 2. The molecule has 1 aromatic rings. The molecule has 0 atom stereocenters. The summed E-state index contributed by atoms with van der Waals surface area (Å²) in [6.07, 6.45) is 3.06. The summed E-state index contributed by atoms with van der Waals surface area (Å²) in [5.41, 5.74) is 0. The van der Waals surface area contributed by atoms with Crippen LogP contribution in [-0.4, -0.2) is 36.1 Å². The van der Waals surface area contributed by atoms with Gasteiger partial charge in [0.25, 0.3) is 0 Å². The zero-order valence-electron chi connectivity index (χ0n) is 8.61. The molecular formula is C9H12BrN3O2. The molecule has 1 heterocycles. The number of likely N-dealkylation sites (N-methyl/N-ethyl adjacent to an activating group) is 1. The molecule has 15 heavy (non-hydrogen) atoms. The summed E-state index contributed by atoms with van der Waals surface area (Å²) in [5, 5.41) is 0. The molecule has 0 spiro atoms. The lowest BCUT2D eigenvalue weighted by molar-refractivity contribution is -0.141. The van der Waals surface area contributed by atoms with Crippen LogP contribution in [0.1, 0.15) is 6.92 Å². The monoisotopic (exact) mass is 273 g/mol. The molecule has 0 fully saturated rings. The fourth-order valence-corrected chi connectivity index (χ4v) is 1.59. The molecule has 0 aromatic carbocycles. The number of hydrogen-bond donors (Lipinski definition) is 0. The third-order valence-electron chi connectivity index (χ3n) is 1.68. The topological polar surface area (TPSA) is 55.3 Å². The third kappa shape index (κ3) is 3.47.